The molecule has 0 bridgehead atoms. The Bertz CT molecular complexity index is 527. The molecule has 98 valence electrons. The number of nitrogens with zero attached hydrogens (tertiary/aromatic N) is 1. The molecule has 5 nitrogen and oxygen atoms in total. The first-order valence-corrected chi connectivity index (χ1v) is 5.61. The van der Waals surface area contributed by atoms with Crippen LogP contribution in [-0.2, 0) is 9.53 Å². The maximum atomic E-state index is 11.6. The van der Waals surface area contributed by atoms with Crippen molar-refractivity contribution in [2.75, 3.05) is 11.9 Å². The second kappa shape index (κ2) is 6.97. The number of hydrogen-bond acceptors (Lipinski definition) is 4. The van der Waals surface area contributed by atoms with Gasteiger partial charge in [-0.1, -0.05) is 6.58 Å². The summed E-state index contributed by atoms with van der Waals surface area (Å²) in [5.41, 5.74) is 1.67. The number of amides is 1. The predicted octanol–water partition coefficient (Wildman–Crippen LogP) is 2.27. The van der Waals surface area contributed by atoms with Crippen molar-refractivity contribution < 1.29 is 14.3 Å². The van der Waals surface area contributed by atoms with Crippen LogP contribution in [0.1, 0.15) is 23.7 Å². The lowest BCUT2D eigenvalue weighted by molar-refractivity contribution is -0.115. The van der Waals surface area contributed by atoms with E-state index in [9.17, 15) is 9.59 Å². The first kappa shape index (κ1) is 14.5. The van der Waals surface area contributed by atoms with E-state index in [1.165, 1.54) is 0 Å². The van der Waals surface area contributed by atoms with Crippen LogP contribution in [0.15, 0.2) is 36.4 Å². The van der Waals surface area contributed by atoms with Gasteiger partial charge in [0, 0.05) is 5.69 Å². The summed E-state index contributed by atoms with van der Waals surface area (Å²) in [5.74, 6) is -0.835. The van der Waals surface area contributed by atoms with Gasteiger partial charge in [-0.3, -0.25) is 4.79 Å². The molecule has 1 N–H and O–H groups in total. The van der Waals surface area contributed by atoms with Crippen LogP contribution in [0.3, 0.4) is 0 Å². The highest BCUT2D eigenvalue weighted by Gasteiger charge is 2.07. The van der Waals surface area contributed by atoms with Crippen molar-refractivity contribution in [3.63, 3.8) is 0 Å². The molecule has 0 radical (unpaired) electrons. The van der Waals surface area contributed by atoms with Crippen LogP contribution in [0.2, 0.25) is 0 Å². The Balaban J connectivity index is 2.61. The van der Waals surface area contributed by atoms with Gasteiger partial charge < -0.3 is 10.1 Å². The Labute approximate surface area is 111 Å². The van der Waals surface area contributed by atoms with E-state index in [2.05, 4.69) is 11.9 Å². The third-order valence-electron chi connectivity index (χ3n) is 2.09. The third kappa shape index (κ3) is 5.04. The number of esters is 1. The zero-order chi connectivity index (χ0) is 14.3. The van der Waals surface area contributed by atoms with Crippen molar-refractivity contribution in [2.45, 2.75) is 13.3 Å². The molecule has 0 fully saturated rings. The summed E-state index contributed by atoms with van der Waals surface area (Å²) >= 11 is 0. The van der Waals surface area contributed by atoms with Crippen molar-refractivity contribution in [1.82, 2.24) is 0 Å². The van der Waals surface area contributed by atoms with Gasteiger partial charge in [0.2, 0.25) is 5.91 Å². The highest BCUT2D eigenvalue weighted by Crippen LogP contribution is 2.11. The SMILES string of the molecule is C=C(C)COC(=O)c1ccc(NC(=O)CC#N)cc1. The molecule has 1 amide bonds. The predicted molar refractivity (Wildman–Crippen MR) is 70.4 cm³/mol. The van der Waals surface area contributed by atoms with Crippen molar-refractivity contribution >= 4 is 17.6 Å². The summed E-state index contributed by atoms with van der Waals surface area (Å²) in [6.07, 6.45) is -0.206. The van der Waals surface area contributed by atoms with Gasteiger partial charge in [0.05, 0.1) is 11.6 Å². The van der Waals surface area contributed by atoms with Crippen LogP contribution < -0.4 is 5.32 Å². The van der Waals surface area contributed by atoms with E-state index in [1.54, 1.807) is 37.3 Å². The summed E-state index contributed by atoms with van der Waals surface area (Å²) in [7, 11) is 0. The Morgan fingerprint density at radius 2 is 2.00 bits per heavy atom. The number of anilines is 1. The number of carbonyl (C=O) groups is 2. The van der Waals surface area contributed by atoms with Crippen LogP contribution in [-0.4, -0.2) is 18.5 Å². The summed E-state index contributed by atoms with van der Waals surface area (Å²) in [4.78, 5) is 22.8. The fourth-order valence-corrected chi connectivity index (χ4v) is 1.24. The molecule has 1 aromatic carbocycles. The molecule has 0 heterocycles. The largest absolute Gasteiger partial charge is 0.458 e. The standard InChI is InChI=1S/C14H14N2O3/c1-10(2)9-19-14(18)11-3-5-12(6-4-11)16-13(17)7-8-15/h3-6H,1,7,9H2,2H3,(H,16,17). The molecule has 0 saturated carbocycles. The van der Waals surface area contributed by atoms with Crippen LogP contribution in [0.5, 0.6) is 0 Å². The molecule has 19 heavy (non-hydrogen) atoms. The number of ether oxygens (including phenoxy) is 1. The molecule has 1 aromatic rings. The minimum Gasteiger partial charge on any atom is -0.458 e. The van der Waals surface area contributed by atoms with E-state index >= 15 is 0 Å². The maximum Gasteiger partial charge on any atom is 0.338 e. The number of nitrogens with one attached hydrogen (secondary N) is 1. The van der Waals surface area contributed by atoms with E-state index in [0.717, 1.165) is 5.57 Å². The number of hydrogen-bond donors (Lipinski definition) is 1. The lowest BCUT2D eigenvalue weighted by Crippen LogP contribution is -2.11. The molecule has 0 spiro atoms. The third-order valence-corrected chi connectivity index (χ3v) is 2.09. The molecule has 0 atom stereocenters. The lowest BCUT2D eigenvalue weighted by Gasteiger charge is -2.06. The monoisotopic (exact) mass is 258 g/mol. The molecule has 0 aliphatic heterocycles. The average molecular weight is 258 g/mol. The number of nitriles is 1. The quantitative estimate of drug-likeness (QED) is 0.649. The van der Waals surface area contributed by atoms with Gasteiger partial charge in [-0.25, -0.2) is 4.79 Å². The second-order valence-electron chi connectivity index (χ2n) is 3.99. The first-order valence-electron chi connectivity index (χ1n) is 5.61. The highest BCUT2D eigenvalue weighted by atomic mass is 16.5. The Hall–Kier alpha value is -2.61. The molecule has 0 aliphatic rings. The zero-order valence-corrected chi connectivity index (χ0v) is 10.6. The molecule has 1 rings (SSSR count). The normalized spacial score (nSPS) is 9.26. The van der Waals surface area contributed by atoms with Crippen LogP contribution in [0.25, 0.3) is 0 Å². The summed E-state index contributed by atoms with van der Waals surface area (Å²) in [5, 5.41) is 10.9. The van der Waals surface area contributed by atoms with Crippen LogP contribution >= 0.6 is 0 Å². The fourth-order valence-electron chi connectivity index (χ4n) is 1.24. The first-order chi connectivity index (χ1) is 9.02. The molecule has 5 heteroatoms. The van der Waals surface area contributed by atoms with Crippen molar-refractivity contribution in [3.8, 4) is 6.07 Å². The fraction of sp³-hybridized carbons (Fsp3) is 0.214. The number of benzene rings is 1. The minimum absolute atomic E-state index is 0.180. The van der Waals surface area contributed by atoms with Crippen molar-refractivity contribution in [3.05, 3.63) is 42.0 Å². The van der Waals surface area contributed by atoms with Crippen LogP contribution in [0, 0.1) is 11.3 Å². The summed E-state index contributed by atoms with van der Waals surface area (Å²) in [6.45, 7) is 5.58. The van der Waals surface area contributed by atoms with Crippen LogP contribution in [0.4, 0.5) is 5.69 Å². The minimum atomic E-state index is -0.446. The molecule has 0 saturated heterocycles. The topological polar surface area (TPSA) is 79.2 Å². The lowest BCUT2D eigenvalue weighted by atomic mass is 10.2. The van der Waals surface area contributed by atoms with Gasteiger partial charge in [0.1, 0.15) is 13.0 Å². The van der Waals surface area contributed by atoms with Gasteiger partial charge in [-0.05, 0) is 36.8 Å². The summed E-state index contributed by atoms with van der Waals surface area (Å²) in [6, 6.07) is 7.99. The molecule has 0 unspecified atom stereocenters. The Morgan fingerprint density at radius 1 is 1.37 bits per heavy atom. The molecular formula is C14H14N2O3. The maximum absolute atomic E-state index is 11.6. The van der Waals surface area contributed by atoms with E-state index in [0.29, 0.717) is 11.3 Å². The van der Waals surface area contributed by atoms with Gasteiger partial charge >= 0.3 is 5.97 Å². The zero-order valence-electron chi connectivity index (χ0n) is 10.6. The average Bonchev–Trinajstić information content (AvgIpc) is 2.37. The van der Waals surface area contributed by atoms with E-state index in [1.807, 2.05) is 0 Å². The number of rotatable bonds is 5. The van der Waals surface area contributed by atoms with E-state index < -0.39 is 5.97 Å². The Morgan fingerprint density at radius 3 is 2.53 bits per heavy atom. The smallest absolute Gasteiger partial charge is 0.338 e. The number of carbonyl (C=O) groups excluding carboxylic acids is 2. The molecular weight excluding hydrogens is 244 g/mol. The summed E-state index contributed by atoms with van der Waals surface area (Å²) < 4.78 is 4.98. The van der Waals surface area contributed by atoms with E-state index in [-0.39, 0.29) is 18.9 Å². The second-order valence-corrected chi connectivity index (χ2v) is 3.99. The van der Waals surface area contributed by atoms with E-state index in [4.69, 9.17) is 10.00 Å². The van der Waals surface area contributed by atoms with Gasteiger partial charge in [0.15, 0.2) is 0 Å². The van der Waals surface area contributed by atoms with Crippen molar-refractivity contribution in [1.29, 1.82) is 5.26 Å². The molecule has 0 aliphatic carbocycles. The highest BCUT2D eigenvalue weighted by molar-refractivity contribution is 5.93. The van der Waals surface area contributed by atoms with Gasteiger partial charge in [-0.15, -0.1) is 0 Å². The molecule has 0 aromatic heterocycles. The van der Waals surface area contributed by atoms with Gasteiger partial charge in [0.25, 0.3) is 0 Å². The van der Waals surface area contributed by atoms with Gasteiger partial charge in [-0.2, -0.15) is 5.26 Å². The van der Waals surface area contributed by atoms with Crippen molar-refractivity contribution in [2.24, 2.45) is 0 Å². The Kier molecular flexibility index (Phi) is 5.30.